The third kappa shape index (κ3) is 6.61. The SMILES string of the molecule is [N-]=[N+]=NCCOCCn1nnc2c1-c1ccccc1CN(C(=O)CCNC(=O)CCN1C(=O)C=CC1=O)c1ccccc1-2. The molecule has 2 aliphatic rings. The van der Waals surface area contributed by atoms with Crippen molar-refractivity contribution in [1.29, 1.82) is 0 Å². The molecule has 0 fully saturated rings. The average Bonchev–Trinajstić information content (AvgIpc) is 3.57. The predicted octanol–water partition coefficient (Wildman–Crippen LogP) is 2.61. The first-order valence-corrected chi connectivity index (χ1v) is 13.8. The van der Waals surface area contributed by atoms with Crippen molar-refractivity contribution in [2.45, 2.75) is 25.9 Å². The van der Waals surface area contributed by atoms with Gasteiger partial charge in [0.15, 0.2) is 0 Å². The maximum atomic E-state index is 13.6. The van der Waals surface area contributed by atoms with E-state index in [1.807, 2.05) is 48.5 Å². The summed E-state index contributed by atoms with van der Waals surface area (Å²) >= 11 is 0. The van der Waals surface area contributed by atoms with Crippen molar-refractivity contribution < 1.29 is 23.9 Å². The summed E-state index contributed by atoms with van der Waals surface area (Å²) in [6.07, 6.45) is 2.34. The number of hydrogen-bond donors (Lipinski definition) is 1. The fourth-order valence-corrected chi connectivity index (χ4v) is 4.99. The Morgan fingerprint density at radius 3 is 2.51 bits per heavy atom. The molecule has 0 aliphatic carbocycles. The number of rotatable bonds is 12. The molecule has 5 rings (SSSR count). The van der Waals surface area contributed by atoms with Crippen LogP contribution in [-0.4, -0.2) is 76.4 Å². The number of carbonyl (C=O) groups excluding carboxylic acids is 4. The normalized spacial score (nSPS) is 13.5. The molecule has 0 atom stereocenters. The lowest BCUT2D eigenvalue weighted by molar-refractivity contribution is -0.137. The molecule has 0 spiro atoms. The highest BCUT2D eigenvalue weighted by Crippen LogP contribution is 2.41. The van der Waals surface area contributed by atoms with E-state index in [1.165, 1.54) is 12.2 Å². The Bertz CT molecular complexity index is 1610. The molecule has 3 heterocycles. The largest absolute Gasteiger partial charge is 0.379 e. The van der Waals surface area contributed by atoms with E-state index >= 15 is 0 Å². The van der Waals surface area contributed by atoms with Gasteiger partial charge in [-0.05, 0) is 17.2 Å². The van der Waals surface area contributed by atoms with E-state index in [0.29, 0.717) is 37.7 Å². The molecular weight excluding hydrogens is 554 g/mol. The van der Waals surface area contributed by atoms with Crippen LogP contribution in [0.3, 0.4) is 0 Å². The first-order valence-electron chi connectivity index (χ1n) is 13.8. The van der Waals surface area contributed by atoms with Crippen molar-refractivity contribution in [2.75, 3.05) is 37.7 Å². The van der Waals surface area contributed by atoms with Crippen molar-refractivity contribution >= 4 is 29.3 Å². The zero-order chi connectivity index (χ0) is 30.2. The van der Waals surface area contributed by atoms with Crippen LogP contribution in [0.2, 0.25) is 0 Å². The molecule has 43 heavy (non-hydrogen) atoms. The van der Waals surface area contributed by atoms with Crippen LogP contribution >= 0.6 is 0 Å². The van der Waals surface area contributed by atoms with Crippen LogP contribution in [0.1, 0.15) is 18.4 Å². The Kier molecular flexibility index (Phi) is 9.20. The van der Waals surface area contributed by atoms with Gasteiger partial charge in [0.1, 0.15) is 5.69 Å². The van der Waals surface area contributed by atoms with E-state index < -0.39 is 11.8 Å². The van der Waals surface area contributed by atoms with Crippen LogP contribution in [-0.2, 0) is 37.0 Å². The molecule has 1 aromatic heterocycles. The number of aromatic nitrogens is 3. The van der Waals surface area contributed by atoms with Gasteiger partial charge in [0.05, 0.1) is 37.7 Å². The molecule has 0 saturated carbocycles. The number of anilines is 1. The molecule has 4 amide bonds. The van der Waals surface area contributed by atoms with Crippen molar-refractivity contribution in [1.82, 2.24) is 25.2 Å². The summed E-state index contributed by atoms with van der Waals surface area (Å²) in [5, 5.41) is 15.1. The molecule has 220 valence electrons. The fraction of sp³-hybridized carbons (Fsp3) is 0.310. The van der Waals surface area contributed by atoms with Crippen LogP contribution in [0.15, 0.2) is 65.8 Å². The third-order valence-corrected chi connectivity index (χ3v) is 7.06. The quantitative estimate of drug-likeness (QED) is 0.112. The second-order valence-corrected chi connectivity index (χ2v) is 9.74. The maximum Gasteiger partial charge on any atom is 0.253 e. The summed E-state index contributed by atoms with van der Waals surface area (Å²) in [5.41, 5.74) is 13.1. The van der Waals surface area contributed by atoms with Gasteiger partial charge in [0.2, 0.25) is 11.8 Å². The molecule has 0 saturated heterocycles. The van der Waals surface area contributed by atoms with Crippen LogP contribution in [0.5, 0.6) is 0 Å². The van der Waals surface area contributed by atoms with E-state index in [1.54, 1.807) is 9.58 Å². The number of para-hydroxylation sites is 1. The van der Waals surface area contributed by atoms with E-state index in [-0.39, 0.29) is 44.3 Å². The number of azide groups is 1. The Morgan fingerprint density at radius 2 is 1.72 bits per heavy atom. The Labute approximate surface area is 246 Å². The van der Waals surface area contributed by atoms with Gasteiger partial charge in [0.25, 0.3) is 11.8 Å². The molecule has 0 radical (unpaired) electrons. The highest BCUT2D eigenvalue weighted by Gasteiger charge is 2.29. The second kappa shape index (κ2) is 13.6. The summed E-state index contributed by atoms with van der Waals surface area (Å²) < 4.78 is 7.38. The molecule has 14 nitrogen and oxygen atoms in total. The molecule has 2 aliphatic heterocycles. The lowest BCUT2D eigenvalue weighted by Crippen LogP contribution is -2.37. The zero-order valence-corrected chi connectivity index (χ0v) is 23.3. The highest BCUT2D eigenvalue weighted by atomic mass is 16.5. The number of nitrogens with one attached hydrogen (secondary N) is 1. The van der Waals surface area contributed by atoms with Gasteiger partial charge in [0, 0.05) is 60.7 Å². The minimum Gasteiger partial charge on any atom is -0.379 e. The van der Waals surface area contributed by atoms with Crippen LogP contribution in [0, 0.1) is 0 Å². The number of amides is 4. The topological polar surface area (TPSA) is 175 Å². The minimum atomic E-state index is -0.442. The van der Waals surface area contributed by atoms with Gasteiger partial charge in [-0.15, -0.1) is 5.10 Å². The van der Waals surface area contributed by atoms with Crippen LogP contribution < -0.4 is 10.2 Å². The fourth-order valence-electron chi connectivity index (χ4n) is 4.99. The van der Waals surface area contributed by atoms with E-state index in [4.69, 9.17) is 10.3 Å². The van der Waals surface area contributed by atoms with Crippen molar-refractivity contribution in [3.05, 3.63) is 76.7 Å². The summed E-state index contributed by atoms with van der Waals surface area (Å²) in [6.45, 7) is 1.68. The van der Waals surface area contributed by atoms with Gasteiger partial charge in [-0.3, -0.25) is 24.1 Å². The summed E-state index contributed by atoms with van der Waals surface area (Å²) in [5.74, 6) is -1.44. The van der Waals surface area contributed by atoms with E-state index in [0.717, 1.165) is 27.3 Å². The summed E-state index contributed by atoms with van der Waals surface area (Å²) in [4.78, 5) is 54.8. The molecule has 1 N–H and O–H groups in total. The number of hydrogen-bond acceptors (Lipinski definition) is 8. The first kappa shape index (κ1) is 29.2. The van der Waals surface area contributed by atoms with Gasteiger partial charge in [-0.1, -0.05) is 52.8 Å². The molecule has 2 aromatic carbocycles. The third-order valence-electron chi connectivity index (χ3n) is 7.06. The Hall–Kier alpha value is -5.33. The van der Waals surface area contributed by atoms with Crippen molar-refractivity contribution in [3.63, 3.8) is 0 Å². The number of ether oxygens (including phenoxy) is 1. The lowest BCUT2D eigenvalue weighted by atomic mass is 9.95. The van der Waals surface area contributed by atoms with Crippen LogP contribution in [0.4, 0.5) is 5.69 Å². The van der Waals surface area contributed by atoms with Crippen molar-refractivity contribution in [2.24, 2.45) is 5.11 Å². The number of benzene rings is 2. The monoisotopic (exact) mass is 583 g/mol. The highest BCUT2D eigenvalue weighted by molar-refractivity contribution is 6.13. The lowest BCUT2D eigenvalue weighted by Gasteiger charge is -2.28. The number of nitrogens with zero attached hydrogens (tertiary/aromatic N) is 8. The molecule has 14 heteroatoms. The summed E-state index contributed by atoms with van der Waals surface area (Å²) in [7, 11) is 0. The Morgan fingerprint density at radius 1 is 0.977 bits per heavy atom. The van der Waals surface area contributed by atoms with Crippen LogP contribution in [0.25, 0.3) is 33.0 Å². The molecule has 0 unspecified atom stereocenters. The van der Waals surface area contributed by atoms with Gasteiger partial charge >= 0.3 is 0 Å². The minimum absolute atomic E-state index is 0.0222. The average molecular weight is 584 g/mol. The number of carbonyl (C=O) groups is 4. The van der Waals surface area contributed by atoms with Gasteiger partial charge in [-0.25, -0.2) is 4.68 Å². The van der Waals surface area contributed by atoms with E-state index in [2.05, 4.69) is 25.7 Å². The number of fused-ring (bicyclic) bond motifs is 5. The smallest absolute Gasteiger partial charge is 0.253 e. The second-order valence-electron chi connectivity index (χ2n) is 9.74. The Balaban J connectivity index is 1.31. The maximum absolute atomic E-state index is 13.6. The van der Waals surface area contributed by atoms with Crippen molar-refractivity contribution in [3.8, 4) is 22.5 Å². The standard InChI is InChI=1S/C29H29N9O5/c30-34-32-14-17-43-18-16-38-29-21-6-2-1-5-20(21)19-37(23-8-4-3-7-22(23)28(29)33-35-38)27(42)11-13-31-24(39)12-15-36-25(40)9-10-26(36)41/h1-10H,11-19H2,(H,31,39). The molecule has 0 bridgehead atoms. The molecular formula is C29H29N9O5. The zero-order valence-electron chi connectivity index (χ0n) is 23.3. The van der Waals surface area contributed by atoms with Gasteiger partial charge in [-0.2, -0.15) is 0 Å². The van der Waals surface area contributed by atoms with Gasteiger partial charge < -0.3 is 15.0 Å². The predicted molar refractivity (Wildman–Crippen MR) is 155 cm³/mol. The van der Waals surface area contributed by atoms with E-state index in [9.17, 15) is 19.2 Å². The summed E-state index contributed by atoms with van der Waals surface area (Å²) in [6, 6.07) is 15.2. The first-order chi connectivity index (χ1) is 21.0. The number of imide groups is 1. The molecule has 3 aromatic rings.